The first-order valence-corrected chi connectivity index (χ1v) is 17.8. The van der Waals surface area contributed by atoms with Crippen LogP contribution in [-0.4, -0.2) is 32.6 Å². The van der Waals surface area contributed by atoms with Crippen LogP contribution in [-0.2, 0) is 0 Å². The molecule has 108 valence electrons. The molecule has 2 bridgehead atoms. The number of halogens is 1. The van der Waals surface area contributed by atoms with Crippen LogP contribution in [0.5, 0.6) is 11.5 Å². The molecule has 20 heavy (non-hydrogen) atoms. The molecule has 4 heteroatoms. The minimum absolute atomic E-state index is 0.478. The van der Waals surface area contributed by atoms with E-state index < -0.39 is 18.4 Å². The number of hydrogen-bond acceptors (Lipinski definition) is 2. The van der Waals surface area contributed by atoms with Crippen molar-refractivity contribution < 1.29 is 9.47 Å². The van der Waals surface area contributed by atoms with Crippen molar-refractivity contribution in [1.82, 2.24) is 0 Å². The Hall–Kier alpha value is -0.161. The Morgan fingerprint density at radius 1 is 1.00 bits per heavy atom. The van der Waals surface area contributed by atoms with Crippen LogP contribution in [0.4, 0.5) is 0 Å². The molecule has 2 nitrogen and oxygen atoms in total. The van der Waals surface area contributed by atoms with E-state index >= 15 is 0 Å². The van der Waals surface area contributed by atoms with Gasteiger partial charge >= 0.3 is 134 Å². The van der Waals surface area contributed by atoms with E-state index in [0.717, 1.165) is 11.5 Å². The molecular formula is C16H21BrO2Sn. The van der Waals surface area contributed by atoms with Crippen molar-refractivity contribution >= 4 is 34.3 Å². The van der Waals surface area contributed by atoms with Crippen molar-refractivity contribution in [2.24, 2.45) is 0 Å². The van der Waals surface area contributed by atoms with Gasteiger partial charge in [-0.15, -0.1) is 0 Å². The van der Waals surface area contributed by atoms with Crippen LogP contribution in [0.15, 0.2) is 20.2 Å². The number of fused-ring (bicyclic) bond motifs is 5. The molecule has 2 aliphatic carbocycles. The quantitative estimate of drug-likeness (QED) is 0.624. The molecule has 0 aliphatic heterocycles. The van der Waals surface area contributed by atoms with Gasteiger partial charge in [0.2, 0.25) is 0 Å². The molecule has 0 radical (unpaired) electrons. The van der Waals surface area contributed by atoms with Crippen LogP contribution in [0.25, 0.3) is 0 Å². The van der Waals surface area contributed by atoms with E-state index in [-0.39, 0.29) is 0 Å². The minimum atomic E-state index is -2.11. The van der Waals surface area contributed by atoms with Crippen LogP contribution in [0, 0.1) is 0 Å². The summed E-state index contributed by atoms with van der Waals surface area (Å²) in [4.78, 5) is 7.49. The number of rotatable bonds is 3. The van der Waals surface area contributed by atoms with Gasteiger partial charge in [-0.25, -0.2) is 0 Å². The Bertz CT molecular complexity index is 601. The average Bonchev–Trinajstić information content (AvgIpc) is 2.92. The van der Waals surface area contributed by atoms with E-state index in [1.165, 1.54) is 22.0 Å². The van der Waals surface area contributed by atoms with Gasteiger partial charge in [0.05, 0.1) is 0 Å². The summed E-state index contributed by atoms with van der Waals surface area (Å²) >= 11 is 1.81. The molecule has 0 aromatic heterocycles. The molecule has 0 saturated carbocycles. The summed E-state index contributed by atoms with van der Waals surface area (Å²) < 4.78 is 14.4. The fourth-order valence-corrected chi connectivity index (χ4v) is 14.8. The van der Waals surface area contributed by atoms with Crippen LogP contribution in [0.2, 0.25) is 14.8 Å². The molecule has 0 amide bonds. The number of ether oxygens (including phenoxy) is 2. The fourth-order valence-electron chi connectivity index (χ4n) is 3.87. The third-order valence-corrected chi connectivity index (χ3v) is 12.9. The molecule has 0 heterocycles. The van der Waals surface area contributed by atoms with Gasteiger partial charge in [-0.05, 0) is 0 Å². The van der Waals surface area contributed by atoms with Gasteiger partial charge < -0.3 is 0 Å². The normalized spacial score (nSPS) is 24.1. The Kier molecular flexibility index (Phi) is 3.65. The molecule has 2 atom stereocenters. The molecule has 0 N–H and O–H groups in total. The Morgan fingerprint density at radius 2 is 1.50 bits per heavy atom. The molecule has 0 spiro atoms. The van der Waals surface area contributed by atoms with E-state index in [1.807, 2.05) is 6.07 Å². The Balaban J connectivity index is 2.22. The second-order valence-corrected chi connectivity index (χ2v) is 21.9. The molecule has 1 aromatic rings. The number of methoxy groups -OCH3 is 2. The maximum atomic E-state index is 5.64. The molecule has 0 saturated heterocycles. The summed E-state index contributed by atoms with van der Waals surface area (Å²) in [5, 5.41) is 0. The van der Waals surface area contributed by atoms with Crippen molar-refractivity contribution in [3.8, 4) is 11.5 Å². The maximum absolute atomic E-state index is 5.64. The Morgan fingerprint density at radius 3 is 1.95 bits per heavy atom. The summed E-state index contributed by atoms with van der Waals surface area (Å²) in [6, 6.07) is 4.10. The topological polar surface area (TPSA) is 18.5 Å². The number of hydrogen-bond donors (Lipinski definition) is 0. The van der Waals surface area contributed by atoms with E-state index in [9.17, 15) is 0 Å². The van der Waals surface area contributed by atoms with Crippen LogP contribution in [0.1, 0.15) is 29.4 Å². The molecule has 2 unspecified atom stereocenters. The van der Waals surface area contributed by atoms with Gasteiger partial charge in [-0.1, -0.05) is 0 Å². The number of benzene rings is 1. The first kappa shape index (κ1) is 14.8. The first-order valence-electron chi connectivity index (χ1n) is 7.05. The average molecular weight is 444 g/mol. The second kappa shape index (κ2) is 4.94. The molecular weight excluding hydrogens is 423 g/mol. The monoisotopic (exact) mass is 444 g/mol. The standard InChI is InChI=1S/C13H12BrO2.3CH3.Sn/c1-15-10-3-4-11(16-2)13-8-5-7(12(10)13)6-9(8)14;;;;/h3-4,7-8H,5H2,1-2H3;3*1H3;. The van der Waals surface area contributed by atoms with Gasteiger partial charge in [-0.2, -0.15) is 0 Å². The van der Waals surface area contributed by atoms with Crippen LogP contribution < -0.4 is 9.47 Å². The van der Waals surface area contributed by atoms with Crippen LogP contribution in [0.3, 0.4) is 0 Å². The van der Waals surface area contributed by atoms with Gasteiger partial charge in [0.15, 0.2) is 0 Å². The zero-order valence-corrected chi connectivity index (χ0v) is 17.2. The molecule has 2 aliphatic rings. The van der Waals surface area contributed by atoms with Crippen molar-refractivity contribution in [1.29, 1.82) is 0 Å². The molecule has 1 aromatic carbocycles. The van der Waals surface area contributed by atoms with Crippen molar-refractivity contribution in [3.63, 3.8) is 0 Å². The van der Waals surface area contributed by atoms with E-state index in [4.69, 9.17) is 9.47 Å². The third kappa shape index (κ3) is 1.96. The summed E-state index contributed by atoms with van der Waals surface area (Å²) in [5.74, 6) is 3.06. The predicted octanol–water partition coefficient (Wildman–Crippen LogP) is 4.81. The Labute approximate surface area is 133 Å². The van der Waals surface area contributed by atoms with Gasteiger partial charge in [-0.3, -0.25) is 0 Å². The van der Waals surface area contributed by atoms with Crippen molar-refractivity contribution in [2.45, 2.75) is 33.1 Å². The molecule has 3 rings (SSSR count). The van der Waals surface area contributed by atoms with Crippen LogP contribution >= 0.6 is 15.9 Å². The van der Waals surface area contributed by atoms with Gasteiger partial charge in [0, 0.05) is 0 Å². The predicted molar refractivity (Wildman–Crippen MR) is 88.9 cm³/mol. The van der Waals surface area contributed by atoms with Gasteiger partial charge in [0.1, 0.15) is 0 Å². The molecule has 0 fully saturated rings. The summed E-state index contributed by atoms with van der Waals surface area (Å²) in [6.45, 7) is 0. The SMILES string of the molecule is COc1ccc(OC)c2c1C1CC2[C]([Sn]([CH3])([CH3])[CH3])=C1Br. The summed E-state index contributed by atoms with van der Waals surface area (Å²) in [5.41, 5.74) is 2.74. The second-order valence-electron chi connectivity index (χ2n) is 6.65. The fraction of sp³-hybridized carbons (Fsp3) is 0.500. The van der Waals surface area contributed by atoms with E-state index in [0.29, 0.717) is 11.8 Å². The van der Waals surface area contributed by atoms with Crippen molar-refractivity contribution in [3.05, 3.63) is 31.3 Å². The third-order valence-electron chi connectivity index (χ3n) is 4.54. The van der Waals surface area contributed by atoms with Gasteiger partial charge in [0.25, 0.3) is 0 Å². The summed E-state index contributed by atoms with van der Waals surface area (Å²) in [6.07, 6.45) is 1.19. The summed E-state index contributed by atoms with van der Waals surface area (Å²) in [7, 11) is 3.53. The van der Waals surface area contributed by atoms with E-state index in [2.05, 4.69) is 36.8 Å². The zero-order chi connectivity index (χ0) is 14.7. The number of allylic oxidation sites excluding steroid dienone is 2. The zero-order valence-electron chi connectivity index (χ0n) is 12.7. The van der Waals surface area contributed by atoms with Crippen molar-refractivity contribution in [2.75, 3.05) is 14.2 Å². The first-order chi connectivity index (χ1) is 9.40. The van der Waals surface area contributed by atoms with E-state index in [1.54, 1.807) is 17.8 Å².